The maximum absolute atomic E-state index is 12.1. The summed E-state index contributed by atoms with van der Waals surface area (Å²) >= 11 is 0. The van der Waals surface area contributed by atoms with Crippen molar-refractivity contribution in [2.24, 2.45) is 5.92 Å². The van der Waals surface area contributed by atoms with Gasteiger partial charge in [-0.3, -0.25) is 5.32 Å². The van der Waals surface area contributed by atoms with E-state index in [1.165, 1.54) is 0 Å². The van der Waals surface area contributed by atoms with Gasteiger partial charge in [0.05, 0.1) is 6.33 Å². The number of H-pyrrole nitrogens is 1. The number of urea groups is 1. The molecule has 0 radical (unpaired) electrons. The van der Waals surface area contributed by atoms with E-state index >= 15 is 0 Å². The highest BCUT2D eigenvalue weighted by Crippen LogP contribution is 2.21. The molecule has 21 heavy (non-hydrogen) atoms. The number of hydrogen-bond donors (Lipinski definition) is 2. The molecular formula is C14H18N6O. The van der Waals surface area contributed by atoms with E-state index in [0.717, 1.165) is 38.0 Å². The molecule has 3 heterocycles. The molecule has 0 atom stereocenters. The van der Waals surface area contributed by atoms with Crippen LogP contribution in [0.15, 0.2) is 31.0 Å². The zero-order chi connectivity index (χ0) is 14.5. The second-order valence-electron chi connectivity index (χ2n) is 5.21. The fraction of sp³-hybridized carbons (Fsp3) is 0.429. The highest BCUT2D eigenvalue weighted by Gasteiger charge is 2.23. The van der Waals surface area contributed by atoms with E-state index in [1.807, 2.05) is 11.1 Å². The van der Waals surface area contributed by atoms with Gasteiger partial charge in [-0.2, -0.15) is 0 Å². The van der Waals surface area contributed by atoms with Gasteiger partial charge in [0.1, 0.15) is 0 Å². The van der Waals surface area contributed by atoms with Gasteiger partial charge in [-0.05, 0) is 31.2 Å². The second-order valence-corrected chi connectivity index (χ2v) is 5.21. The van der Waals surface area contributed by atoms with Crippen molar-refractivity contribution < 1.29 is 4.79 Å². The molecule has 0 aliphatic carbocycles. The lowest BCUT2D eigenvalue weighted by Gasteiger charge is -2.31. The Morgan fingerprint density at radius 3 is 2.76 bits per heavy atom. The first kappa shape index (κ1) is 13.5. The van der Waals surface area contributed by atoms with Crippen LogP contribution < -0.4 is 5.32 Å². The van der Waals surface area contributed by atoms with Crippen LogP contribution in [0, 0.1) is 5.92 Å². The van der Waals surface area contributed by atoms with Crippen molar-refractivity contribution in [3.05, 3.63) is 36.7 Å². The van der Waals surface area contributed by atoms with Gasteiger partial charge >= 0.3 is 6.03 Å². The first-order chi connectivity index (χ1) is 10.3. The van der Waals surface area contributed by atoms with E-state index in [-0.39, 0.29) is 6.03 Å². The summed E-state index contributed by atoms with van der Waals surface area (Å²) in [6, 6.07) is 1.59. The molecule has 1 aliphatic heterocycles. The molecule has 7 heteroatoms. The minimum Gasteiger partial charge on any atom is -0.348 e. The maximum atomic E-state index is 12.1. The lowest BCUT2D eigenvalue weighted by atomic mass is 9.92. The molecule has 7 nitrogen and oxygen atoms in total. The van der Waals surface area contributed by atoms with Crippen molar-refractivity contribution >= 4 is 12.0 Å². The summed E-state index contributed by atoms with van der Waals surface area (Å²) in [5.41, 5.74) is 1.16. The molecule has 2 aromatic heterocycles. The van der Waals surface area contributed by atoms with Crippen molar-refractivity contribution in [1.29, 1.82) is 0 Å². The Labute approximate surface area is 122 Å². The van der Waals surface area contributed by atoms with E-state index in [0.29, 0.717) is 11.9 Å². The van der Waals surface area contributed by atoms with Crippen molar-refractivity contribution in [3.8, 4) is 0 Å². The van der Waals surface area contributed by atoms with Crippen molar-refractivity contribution in [2.45, 2.75) is 19.3 Å². The number of amides is 2. The van der Waals surface area contributed by atoms with Gasteiger partial charge in [-0.1, -0.05) is 0 Å². The lowest BCUT2D eigenvalue weighted by Crippen LogP contribution is -2.41. The minimum atomic E-state index is -0.124. The molecule has 0 unspecified atom stereocenters. The van der Waals surface area contributed by atoms with Crippen LogP contribution in [0.4, 0.5) is 10.7 Å². The van der Waals surface area contributed by atoms with Crippen LogP contribution in [0.5, 0.6) is 0 Å². The molecular weight excluding hydrogens is 268 g/mol. The number of aromatic amines is 1. The summed E-state index contributed by atoms with van der Waals surface area (Å²) in [5, 5.41) is 2.72. The Kier molecular flexibility index (Phi) is 4.09. The normalized spacial score (nSPS) is 15.9. The molecule has 2 N–H and O–H groups in total. The van der Waals surface area contributed by atoms with Crippen LogP contribution in [-0.4, -0.2) is 44.0 Å². The molecule has 3 rings (SSSR count). The average Bonchev–Trinajstić information content (AvgIpc) is 3.02. The summed E-state index contributed by atoms with van der Waals surface area (Å²) in [6.45, 7) is 1.52. The van der Waals surface area contributed by atoms with Crippen LogP contribution in [0.3, 0.4) is 0 Å². The smallest absolute Gasteiger partial charge is 0.324 e. The Balaban J connectivity index is 1.48. The summed E-state index contributed by atoms with van der Waals surface area (Å²) < 4.78 is 0. The second kappa shape index (κ2) is 6.34. The fourth-order valence-corrected chi connectivity index (χ4v) is 2.59. The largest absolute Gasteiger partial charge is 0.348 e. The van der Waals surface area contributed by atoms with Gasteiger partial charge in [0, 0.05) is 37.4 Å². The standard InChI is InChI=1S/C14H18N6O/c21-14(19-13-16-4-1-5-17-13)20-6-2-11(3-7-20)8-12-9-15-10-18-12/h1,4-5,9-11H,2-3,6-8H2,(H,15,18)(H,16,17,19,21). The fourth-order valence-electron chi connectivity index (χ4n) is 2.59. The number of anilines is 1. The molecule has 0 saturated carbocycles. The third-order valence-electron chi connectivity index (χ3n) is 3.75. The van der Waals surface area contributed by atoms with E-state index in [2.05, 4.69) is 25.3 Å². The Hall–Kier alpha value is -2.44. The Morgan fingerprint density at radius 2 is 2.10 bits per heavy atom. The summed E-state index contributed by atoms with van der Waals surface area (Å²) in [5.74, 6) is 0.949. The monoisotopic (exact) mass is 286 g/mol. The van der Waals surface area contributed by atoms with Gasteiger partial charge in [-0.25, -0.2) is 19.7 Å². The number of hydrogen-bond acceptors (Lipinski definition) is 4. The number of nitrogens with one attached hydrogen (secondary N) is 2. The summed E-state index contributed by atoms with van der Waals surface area (Å²) in [4.78, 5) is 29.1. The number of carbonyl (C=O) groups excluding carboxylic acids is 1. The molecule has 0 bridgehead atoms. The number of rotatable bonds is 3. The van der Waals surface area contributed by atoms with Gasteiger partial charge in [-0.15, -0.1) is 0 Å². The van der Waals surface area contributed by atoms with E-state index in [1.54, 1.807) is 24.8 Å². The van der Waals surface area contributed by atoms with Gasteiger partial charge in [0.2, 0.25) is 5.95 Å². The molecule has 0 spiro atoms. The molecule has 2 amide bonds. The van der Waals surface area contributed by atoms with Crippen LogP contribution in [0.2, 0.25) is 0 Å². The number of aromatic nitrogens is 4. The predicted molar refractivity (Wildman–Crippen MR) is 77.6 cm³/mol. The molecule has 110 valence electrons. The van der Waals surface area contributed by atoms with Gasteiger partial charge in [0.15, 0.2) is 0 Å². The quantitative estimate of drug-likeness (QED) is 0.898. The number of carbonyl (C=O) groups is 1. The summed E-state index contributed by atoms with van der Waals surface area (Å²) in [6.07, 6.45) is 9.80. The number of imidazole rings is 1. The summed E-state index contributed by atoms with van der Waals surface area (Å²) in [7, 11) is 0. The molecule has 2 aromatic rings. The van der Waals surface area contributed by atoms with Crippen LogP contribution >= 0.6 is 0 Å². The van der Waals surface area contributed by atoms with E-state index in [9.17, 15) is 4.79 Å². The molecule has 1 saturated heterocycles. The van der Waals surface area contributed by atoms with E-state index in [4.69, 9.17) is 0 Å². The number of likely N-dealkylation sites (tertiary alicyclic amines) is 1. The molecule has 1 aliphatic rings. The van der Waals surface area contributed by atoms with Gasteiger partial charge < -0.3 is 9.88 Å². The van der Waals surface area contributed by atoms with Crippen molar-refractivity contribution in [3.63, 3.8) is 0 Å². The van der Waals surface area contributed by atoms with Gasteiger partial charge in [0.25, 0.3) is 0 Å². The third-order valence-corrected chi connectivity index (χ3v) is 3.75. The third kappa shape index (κ3) is 3.56. The number of nitrogens with zero attached hydrogens (tertiary/aromatic N) is 4. The highest BCUT2D eigenvalue weighted by atomic mass is 16.2. The lowest BCUT2D eigenvalue weighted by molar-refractivity contribution is 0.182. The molecule has 0 aromatic carbocycles. The predicted octanol–water partition coefficient (Wildman–Crippen LogP) is 1.69. The van der Waals surface area contributed by atoms with E-state index < -0.39 is 0 Å². The van der Waals surface area contributed by atoms with Crippen LogP contribution in [0.25, 0.3) is 0 Å². The first-order valence-corrected chi connectivity index (χ1v) is 7.11. The Bertz CT molecular complexity index is 562. The zero-order valence-electron chi connectivity index (χ0n) is 11.7. The number of piperidine rings is 1. The van der Waals surface area contributed by atoms with Crippen molar-refractivity contribution in [1.82, 2.24) is 24.8 Å². The topological polar surface area (TPSA) is 86.8 Å². The first-order valence-electron chi connectivity index (χ1n) is 7.11. The minimum absolute atomic E-state index is 0.124. The Morgan fingerprint density at radius 1 is 1.33 bits per heavy atom. The maximum Gasteiger partial charge on any atom is 0.324 e. The van der Waals surface area contributed by atoms with Crippen LogP contribution in [-0.2, 0) is 6.42 Å². The van der Waals surface area contributed by atoms with Crippen LogP contribution in [0.1, 0.15) is 18.5 Å². The zero-order valence-corrected chi connectivity index (χ0v) is 11.7. The highest BCUT2D eigenvalue weighted by molar-refractivity contribution is 5.87. The average molecular weight is 286 g/mol. The van der Waals surface area contributed by atoms with Crippen molar-refractivity contribution in [2.75, 3.05) is 18.4 Å². The molecule has 1 fully saturated rings. The SMILES string of the molecule is O=C(Nc1ncccn1)N1CCC(Cc2cnc[nH]2)CC1.